The molecule has 1 aromatic rings. The minimum absolute atomic E-state index is 0.0499. The van der Waals surface area contributed by atoms with E-state index in [1.54, 1.807) is 0 Å². The standard InChI is InChI=1S/C16H24N2O2S/c1-16(2,3)13-8-17-15(18-9-13)12-6-14(7-12)21(19,20)10-11-4-5-11/h8-9,11-12,14H,4-7,10H2,1-3H3. The normalized spacial score (nSPS) is 26.4. The summed E-state index contributed by atoms with van der Waals surface area (Å²) in [4.78, 5) is 8.90. The second kappa shape index (κ2) is 5.04. The Hall–Kier alpha value is -0.970. The molecule has 0 atom stereocenters. The van der Waals surface area contributed by atoms with Gasteiger partial charge in [0, 0.05) is 18.3 Å². The van der Waals surface area contributed by atoms with Crippen LogP contribution in [0.25, 0.3) is 0 Å². The van der Waals surface area contributed by atoms with Gasteiger partial charge in [-0.25, -0.2) is 18.4 Å². The Balaban J connectivity index is 1.61. The Labute approximate surface area is 127 Å². The summed E-state index contributed by atoms with van der Waals surface area (Å²) in [5, 5.41) is -0.158. The maximum Gasteiger partial charge on any atom is 0.153 e. The van der Waals surface area contributed by atoms with E-state index in [0.29, 0.717) is 24.5 Å². The van der Waals surface area contributed by atoms with Crippen molar-refractivity contribution in [3.63, 3.8) is 0 Å². The summed E-state index contributed by atoms with van der Waals surface area (Å²) in [5.41, 5.74) is 1.16. The van der Waals surface area contributed by atoms with Crippen molar-refractivity contribution in [1.82, 2.24) is 9.97 Å². The van der Waals surface area contributed by atoms with E-state index in [0.717, 1.165) is 24.2 Å². The van der Waals surface area contributed by atoms with Crippen molar-refractivity contribution in [2.45, 2.75) is 63.0 Å². The molecule has 0 saturated heterocycles. The highest BCUT2D eigenvalue weighted by Crippen LogP contribution is 2.42. The van der Waals surface area contributed by atoms with Gasteiger partial charge in [-0.1, -0.05) is 20.8 Å². The maximum absolute atomic E-state index is 12.2. The van der Waals surface area contributed by atoms with Gasteiger partial charge in [0.15, 0.2) is 9.84 Å². The van der Waals surface area contributed by atoms with Crippen LogP contribution in [0, 0.1) is 5.92 Å². The molecule has 4 nitrogen and oxygen atoms in total. The third kappa shape index (κ3) is 3.28. The van der Waals surface area contributed by atoms with E-state index in [1.165, 1.54) is 0 Å². The van der Waals surface area contributed by atoms with Crippen molar-refractivity contribution in [3.8, 4) is 0 Å². The van der Waals surface area contributed by atoms with Gasteiger partial charge in [0.1, 0.15) is 5.82 Å². The monoisotopic (exact) mass is 308 g/mol. The molecular weight excluding hydrogens is 284 g/mol. The topological polar surface area (TPSA) is 59.9 Å². The van der Waals surface area contributed by atoms with Gasteiger partial charge in [0.05, 0.1) is 11.0 Å². The predicted molar refractivity (Wildman–Crippen MR) is 83.0 cm³/mol. The maximum atomic E-state index is 12.2. The molecule has 0 spiro atoms. The van der Waals surface area contributed by atoms with E-state index in [1.807, 2.05) is 12.4 Å². The van der Waals surface area contributed by atoms with E-state index >= 15 is 0 Å². The summed E-state index contributed by atoms with van der Waals surface area (Å²) in [5.74, 6) is 1.86. The summed E-state index contributed by atoms with van der Waals surface area (Å²) >= 11 is 0. The number of rotatable bonds is 4. The lowest BCUT2D eigenvalue weighted by molar-refractivity contribution is 0.393. The lowest BCUT2D eigenvalue weighted by Gasteiger charge is -2.34. The lowest BCUT2D eigenvalue weighted by Crippen LogP contribution is -2.37. The van der Waals surface area contributed by atoms with E-state index < -0.39 is 9.84 Å². The molecule has 0 aliphatic heterocycles. The van der Waals surface area contributed by atoms with Gasteiger partial charge in [-0.05, 0) is 42.6 Å². The molecule has 2 aliphatic carbocycles. The van der Waals surface area contributed by atoms with Crippen molar-refractivity contribution in [1.29, 1.82) is 0 Å². The zero-order chi connectivity index (χ0) is 15.3. The molecule has 0 aromatic carbocycles. The van der Waals surface area contributed by atoms with Crippen LogP contribution in [0.4, 0.5) is 0 Å². The number of hydrogen-bond acceptors (Lipinski definition) is 4. The lowest BCUT2D eigenvalue weighted by atomic mass is 9.83. The molecule has 2 aliphatic rings. The van der Waals surface area contributed by atoms with Crippen molar-refractivity contribution in [3.05, 3.63) is 23.8 Å². The van der Waals surface area contributed by atoms with Crippen LogP contribution in [0.1, 0.15) is 63.8 Å². The Morgan fingerprint density at radius 1 is 1.14 bits per heavy atom. The molecule has 1 heterocycles. The zero-order valence-electron chi connectivity index (χ0n) is 13.0. The van der Waals surface area contributed by atoms with E-state index in [-0.39, 0.29) is 16.6 Å². The first-order chi connectivity index (χ1) is 9.75. The fraction of sp³-hybridized carbons (Fsp3) is 0.750. The molecule has 1 aromatic heterocycles. The summed E-state index contributed by atoms with van der Waals surface area (Å²) < 4.78 is 24.4. The Morgan fingerprint density at radius 3 is 2.19 bits per heavy atom. The number of sulfone groups is 1. The molecule has 0 unspecified atom stereocenters. The molecule has 0 amide bonds. The second-order valence-corrected chi connectivity index (χ2v) is 9.97. The van der Waals surface area contributed by atoms with Crippen LogP contribution in [0.15, 0.2) is 12.4 Å². The predicted octanol–water partition coefficient (Wildman–Crippen LogP) is 2.84. The van der Waals surface area contributed by atoms with E-state index in [2.05, 4.69) is 30.7 Å². The Morgan fingerprint density at radius 2 is 1.71 bits per heavy atom. The first-order valence-corrected chi connectivity index (χ1v) is 9.51. The van der Waals surface area contributed by atoms with Crippen molar-refractivity contribution >= 4 is 9.84 Å². The molecule has 3 rings (SSSR count). The van der Waals surface area contributed by atoms with Crippen LogP contribution >= 0.6 is 0 Å². The Kier molecular flexibility index (Phi) is 3.59. The Bertz CT molecular complexity index is 607. The van der Waals surface area contributed by atoms with Gasteiger partial charge in [-0.3, -0.25) is 0 Å². The van der Waals surface area contributed by atoms with E-state index in [4.69, 9.17) is 0 Å². The highest BCUT2D eigenvalue weighted by molar-refractivity contribution is 7.92. The van der Waals surface area contributed by atoms with Crippen molar-refractivity contribution in [2.75, 3.05) is 5.75 Å². The van der Waals surface area contributed by atoms with E-state index in [9.17, 15) is 8.42 Å². The first-order valence-electron chi connectivity index (χ1n) is 7.80. The molecule has 2 fully saturated rings. The van der Waals surface area contributed by atoms with Gasteiger partial charge in [0.2, 0.25) is 0 Å². The molecule has 0 radical (unpaired) electrons. The molecule has 5 heteroatoms. The van der Waals surface area contributed by atoms with Gasteiger partial charge < -0.3 is 0 Å². The molecule has 2 saturated carbocycles. The highest BCUT2D eigenvalue weighted by Gasteiger charge is 2.42. The van der Waals surface area contributed by atoms with Crippen LogP contribution in [0.2, 0.25) is 0 Å². The first kappa shape index (κ1) is 14.9. The summed E-state index contributed by atoms with van der Waals surface area (Å²) in [6.07, 6.45) is 7.34. The van der Waals surface area contributed by atoms with Gasteiger partial charge in [-0.2, -0.15) is 0 Å². The number of hydrogen-bond donors (Lipinski definition) is 0. The van der Waals surface area contributed by atoms with Crippen LogP contribution < -0.4 is 0 Å². The molecule has 116 valence electrons. The quantitative estimate of drug-likeness (QED) is 0.858. The molecular formula is C16H24N2O2S. The molecule has 21 heavy (non-hydrogen) atoms. The van der Waals surface area contributed by atoms with Crippen LogP contribution in [0.5, 0.6) is 0 Å². The minimum Gasteiger partial charge on any atom is -0.241 e. The average molecular weight is 308 g/mol. The van der Waals surface area contributed by atoms with Crippen LogP contribution in [0.3, 0.4) is 0 Å². The van der Waals surface area contributed by atoms with Gasteiger partial charge in [-0.15, -0.1) is 0 Å². The van der Waals surface area contributed by atoms with Crippen molar-refractivity contribution < 1.29 is 8.42 Å². The number of aromatic nitrogens is 2. The highest BCUT2D eigenvalue weighted by atomic mass is 32.2. The van der Waals surface area contributed by atoms with Crippen LogP contribution in [-0.2, 0) is 15.3 Å². The third-order valence-electron chi connectivity index (χ3n) is 4.67. The fourth-order valence-electron chi connectivity index (χ4n) is 2.75. The van der Waals surface area contributed by atoms with Crippen LogP contribution in [-0.4, -0.2) is 29.4 Å². The number of nitrogens with zero attached hydrogens (tertiary/aromatic N) is 2. The third-order valence-corrected chi connectivity index (χ3v) is 7.01. The fourth-order valence-corrected chi connectivity index (χ4v) is 5.07. The SMILES string of the molecule is CC(C)(C)c1cnc(C2CC(S(=O)(=O)CC3CC3)C2)nc1. The zero-order valence-corrected chi connectivity index (χ0v) is 13.9. The van der Waals surface area contributed by atoms with Crippen molar-refractivity contribution in [2.24, 2.45) is 5.92 Å². The smallest absolute Gasteiger partial charge is 0.153 e. The summed E-state index contributed by atoms with van der Waals surface area (Å²) in [7, 11) is -2.89. The largest absolute Gasteiger partial charge is 0.241 e. The minimum atomic E-state index is -2.89. The molecule has 0 N–H and O–H groups in total. The summed E-state index contributed by atoms with van der Waals surface area (Å²) in [6, 6.07) is 0. The molecule has 0 bridgehead atoms. The summed E-state index contributed by atoms with van der Waals surface area (Å²) in [6.45, 7) is 6.40. The van der Waals surface area contributed by atoms with Gasteiger partial charge in [0.25, 0.3) is 0 Å². The second-order valence-electron chi connectivity index (χ2n) is 7.64. The van der Waals surface area contributed by atoms with Gasteiger partial charge >= 0.3 is 0 Å². The average Bonchev–Trinajstić information content (AvgIpc) is 3.09.